The predicted octanol–water partition coefficient (Wildman–Crippen LogP) is 9.72. The molecule has 4 aromatic rings. The zero-order valence-corrected chi connectivity index (χ0v) is 24.9. The second kappa shape index (κ2) is 13.9. The Kier molecular flexibility index (Phi) is 9.89. The molecule has 1 aliphatic rings. The second-order valence-electron chi connectivity index (χ2n) is 12.0. The molecule has 1 aromatic heterocycles. The molecule has 0 atom stereocenters. The molecule has 0 bridgehead atoms. The zero-order valence-electron chi connectivity index (χ0n) is 24.9. The van der Waals surface area contributed by atoms with E-state index in [0.29, 0.717) is 5.92 Å². The maximum Gasteiger partial charge on any atom is 0.140 e. The van der Waals surface area contributed by atoms with Crippen LogP contribution in [0, 0.1) is 5.92 Å². The van der Waals surface area contributed by atoms with Gasteiger partial charge in [0.1, 0.15) is 5.82 Å². The summed E-state index contributed by atoms with van der Waals surface area (Å²) in [5.74, 6) is 2.44. The Morgan fingerprint density at radius 3 is 2.08 bits per heavy atom. The third-order valence-electron chi connectivity index (χ3n) is 8.55. The van der Waals surface area contributed by atoms with Crippen LogP contribution in [0.1, 0.15) is 88.5 Å². The van der Waals surface area contributed by atoms with Gasteiger partial charge in [-0.1, -0.05) is 131 Å². The first-order valence-corrected chi connectivity index (χ1v) is 15.6. The smallest absolute Gasteiger partial charge is 0.140 e. The lowest BCUT2D eigenvalue weighted by Gasteiger charge is -2.30. The van der Waals surface area contributed by atoms with E-state index in [-0.39, 0.29) is 0 Å². The van der Waals surface area contributed by atoms with Crippen molar-refractivity contribution in [3.8, 4) is 22.6 Å². The molecular weight excluding hydrogens is 486 g/mol. The number of imidazole rings is 1. The molecule has 3 aromatic carbocycles. The minimum Gasteiger partial charge on any atom is -0.326 e. The van der Waals surface area contributed by atoms with Crippen LogP contribution in [-0.4, -0.2) is 21.0 Å². The molecule has 0 spiro atoms. The van der Waals surface area contributed by atoms with Crippen molar-refractivity contribution in [2.75, 3.05) is 6.54 Å². The number of nitrogens with zero attached hydrogens (tertiary/aromatic N) is 3. The largest absolute Gasteiger partial charge is 0.326 e. The molecule has 3 nitrogen and oxygen atoms in total. The number of aromatic nitrogens is 2. The van der Waals surface area contributed by atoms with Gasteiger partial charge in [-0.25, -0.2) is 4.98 Å². The molecule has 1 fully saturated rings. The molecular formula is C37H47N3. The molecule has 1 aliphatic carbocycles. The van der Waals surface area contributed by atoms with Crippen LogP contribution in [0.15, 0.2) is 84.9 Å². The Balaban J connectivity index is 1.55. The summed E-state index contributed by atoms with van der Waals surface area (Å²) in [6, 6.07) is 31.0. The fraction of sp³-hybridized carbons (Fsp3) is 0.432. The molecule has 40 heavy (non-hydrogen) atoms. The van der Waals surface area contributed by atoms with Crippen LogP contribution >= 0.6 is 0 Å². The maximum absolute atomic E-state index is 5.38. The van der Waals surface area contributed by atoms with Crippen molar-refractivity contribution in [1.29, 1.82) is 0 Å². The first-order chi connectivity index (χ1) is 19.6. The first kappa shape index (κ1) is 28.4. The normalized spacial score (nSPS) is 14.3. The van der Waals surface area contributed by atoms with Crippen molar-refractivity contribution in [2.24, 2.45) is 5.92 Å². The third-order valence-corrected chi connectivity index (χ3v) is 8.55. The molecule has 0 saturated heterocycles. The number of hydrogen-bond acceptors (Lipinski definition) is 2. The van der Waals surface area contributed by atoms with E-state index in [2.05, 4.69) is 115 Å². The molecule has 0 N–H and O–H groups in total. The number of hydrogen-bond donors (Lipinski definition) is 0. The second-order valence-corrected chi connectivity index (χ2v) is 12.0. The van der Waals surface area contributed by atoms with Crippen molar-refractivity contribution in [3.63, 3.8) is 0 Å². The van der Waals surface area contributed by atoms with Crippen LogP contribution in [0.4, 0.5) is 0 Å². The standard InChI is InChI=1S/C37H47N3/c1-4-5-25-40-35(36(33-17-11-7-12-18-33)38-37(40)34-19-13-8-14-20-34)28-39(26-30-15-9-6-10-16-30)27-31-21-23-32(24-22-31)29(2)3/h7-8,11-14,17-24,29-30H,4-6,9-10,15-16,25-28H2,1-3H3. The summed E-state index contributed by atoms with van der Waals surface area (Å²) in [6.45, 7) is 10.9. The Hall–Kier alpha value is -3.17. The molecule has 1 saturated carbocycles. The highest BCUT2D eigenvalue weighted by Crippen LogP contribution is 2.33. The first-order valence-electron chi connectivity index (χ1n) is 15.6. The monoisotopic (exact) mass is 533 g/mol. The van der Waals surface area contributed by atoms with E-state index in [1.54, 1.807) is 0 Å². The van der Waals surface area contributed by atoms with Gasteiger partial charge in [-0.3, -0.25) is 4.90 Å². The number of unbranched alkanes of at least 4 members (excludes halogenated alkanes) is 1. The number of benzene rings is 3. The summed E-state index contributed by atoms with van der Waals surface area (Å²) in [7, 11) is 0. The lowest BCUT2D eigenvalue weighted by Crippen LogP contribution is -2.31. The van der Waals surface area contributed by atoms with E-state index >= 15 is 0 Å². The molecule has 0 aliphatic heterocycles. The summed E-state index contributed by atoms with van der Waals surface area (Å²) < 4.78 is 2.54. The fourth-order valence-electron chi connectivity index (χ4n) is 6.24. The van der Waals surface area contributed by atoms with Crippen molar-refractivity contribution in [3.05, 3.63) is 102 Å². The van der Waals surface area contributed by atoms with Gasteiger partial charge >= 0.3 is 0 Å². The highest BCUT2D eigenvalue weighted by atomic mass is 15.2. The van der Waals surface area contributed by atoms with E-state index in [4.69, 9.17) is 4.98 Å². The topological polar surface area (TPSA) is 21.1 Å². The highest BCUT2D eigenvalue weighted by molar-refractivity contribution is 5.68. The lowest BCUT2D eigenvalue weighted by atomic mass is 9.88. The van der Waals surface area contributed by atoms with Gasteiger partial charge in [-0.2, -0.15) is 0 Å². The van der Waals surface area contributed by atoms with Gasteiger partial charge in [0.15, 0.2) is 0 Å². The molecule has 0 radical (unpaired) electrons. The van der Waals surface area contributed by atoms with Crippen molar-refractivity contribution in [2.45, 2.75) is 91.3 Å². The van der Waals surface area contributed by atoms with Crippen LogP contribution in [0.25, 0.3) is 22.6 Å². The molecule has 0 amide bonds. The van der Waals surface area contributed by atoms with Gasteiger partial charge in [0.25, 0.3) is 0 Å². The zero-order chi connectivity index (χ0) is 27.7. The van der Waals surface area contributed by atoms with Gasteiger partial charge in [0, 0.05) is 37.3 Å². The minimum atomic E-state index is 0.560. The summed E-state index contributed by atoms with van der Waals surface area (Å²) >= 11 is 0. The summed E-state index contributed by atoms with van der Waals surface area (Å²) in [5, 5.41) is 0. The molecule has 1 heterocycles. The third kappa shape index (κ3) is 7.12. The molecule has 5 rings (SSSR count). The maximum atomic E-state index is 5.38. The van der Waals surface area contributed by atoms with Crippen molar-refractivity contribution in [1.82, 2.24) is 14.5 Å². The van der Waals surface area contributed by atoms with E-state index in [1.165, 1.54) is 66.5 Å². The Labute approximate surface area is 242 Å². The van der Waals surface area contributed by atoms with Crippen molar-refractivity contribution >= 4 is 0 Å². The van der Waals surface area contributed by atoms with E-state index < -0.39 is 0 Å². The van der Waals surface area contributed by atoms with Crippen LogP contribution in [0.5, 0.6) is 0 Å². The summed E-state index contributed by atoms with van der Waals surface area (Å²) in [5.41, 5.74) is 7.73. The Morgan fingerprint density at radius 1 is 0.800 bits per heavy atom. The minimum absolute atomic E-state index is 0.560. The van der Waals surface area contributed by atoms with E-state index in [9.17, 15) is 0 Å². The predicted molar refractivity (Wildman–Crippen MR) is 169 cm³/mol. The van der Waals surface area contributed by atoms with Gasteiger partial charge in [-0.15, -0.1) is 0 Å². The molecule has 3 heteroatoms. The number of rotatable bonds is 12. The lowest BCUT2D eigenvalue weighted by molar-refractivity contribution is 0.183. The van der Waals surface area contributed by atoms with E-state index in [1.807, 2.05) is 0 Å². The van der Waals surface area contributed by atoms with Gasteiger partial charge in [0.2, 0.25) is 0 Å². The molecule has 210 valence electrons. The van der Waals surface area contributed by atoms with Gasteiger partial charge < -0.3 is 4.57 Å². The average molecular weight is 534 g/mol. The van der Waals surface area contributed by atoms with Crippen LogP contribution < -0.4 is 0 Å². The van der Waals surface area contributed by atoms with Crippen LogP contribution in [0.3, 0.4) is 0 Å². The average Bonchev–Trinajstić information content (AvgIpc) is 3.35. The van der Waals surface area contributed by atoms with Crippen molar-refractivity contribution < 1.29 is 0 Å². The SMILES string of the molecule is CCCCn1c(-c2ccccc2)nc(-c2ccccc2)c1CN(Cc1ccc(C(C)C)cc1)CC1CCCCC1. The molecule has 0 unspecified atom stereocenters. The van der Waals surface area contributed by atoms with Crippen LogP contribution in [-0.2, 0) is 19.6 Å². The summed E-state index contributed by atoms with van der Waals surface area (Å²) in [6.07, 6.45) is 9.19. The van der Waals surface area contributed by atoms with E-state index in [0.717, 1.165) is 50.0 Å². The Bertz CT molecular complexity index is 1300. The van der Waals surface area contributed by atoms with Gasteiger partial charge in [0.05, 0.1) is 11.4 Å². The Morgan fingerprint density at radius 2 is 1.45 bits per heavy atom. The quantitative estimate of drug-likeness (QED) is 0.181. The van der Waals surface area contributed by atoms with Gasteiger partial charge in [-0.05, 0) is 42.2 Å². The van der Waals surface area contributed by atoms with Crippen LogP contribution in [0.2, 0.25) is 0 Å². The highest BCUT2D eigenvalue weighted by Gasteiger charge is 2.24. The summed E-state index contributed by atoms with van der Waals surface area (Å²) in [4.78, 5) is 8.10. The fourth-order valence-corrected chi connectivity index (χ4v) is 6.24.